The van der Waals surface area contributed by atoms with Crippen LogP contribution in [-0.4, -0.2) is 17.6 Å². The molecule has 0 bridgehead atoms. The minimum atomic E-state index is 0. The van der Waals surface area contributed by atoms with Gasteiger partial charge in [-0.05, 0) is 18.6 Å². The highest BCUT2D eigenvalue weighted by molar-refractivity contribution is 6.30. The monoisotopic (exact) mass is 307 g/mol. The third kappa shape index (κ3) is 8.25. The molecule has 1 aromatic heterocycles. The lowest BCUT2D eigenvalue weighted by molar-refractivity contribution is 0.678. The van der Waals surface area contributed by atoms with Gasteiger partial charge >= 0.3 is 0 Å². The molecule has 1 unspecified atom stereocenters. The van der Waals surface area contributed by atoms with Crippen LogP contribution in [0, 0.1) is 0 Å². The zero-order valence-electron chi connectivity index (χ0n) is 8.85. The topological polar surface area (TPSA) is 50.9 Å². The summed E-state index contributed by atoms with van der Waals surface area (Å²) in [6.07, 6.45) is 2.57. The van der Waals surface area contributed by atoms with Crippen molar-refractivity contribution < 1.29 is 0 Å². The van der Waals surface area contributed by atoms with E-state index < -0.39 is 0 Å². The molecular formula is C9H17Cl4N3. The molecule has 0 aliphatic rings. The predicted octanol–water partition coefficient (Wildman–Crippen LogP) is 3.15. The van der Waals surface area contributed by atoms with Crippen LogP contribution in [-0.2, 0) is 0 Å². The predicted molar refractivity (Wildman–Crippen MR) is 77.7 cm³/mol. The molecule has 7 heteroatoms. The number of hydrogen-bond acceptors (Lipinski definition) is 3. The fourth-order valence-corrected chi connectivity index (χ4v) is 0.972. The highest BCUT2D eigenvalue weighted by Gasteiger charge is 1.98. The van der Waals surface area contributed by atoms with Gasteiger partial charge in [0.2, 0.25) is 0 Å². The van der Waals surface area contributed by atoms with Gasteiger partial charge in [-0.1, -0.05) is 18.5 Å². The number of aromatic nitrogens is 1. The maximum atomic E-state index is 5.73. The molecule has 0 saturated heterocycles. The molecule has 96 valence electrons. The van der Waals surface area contributed by atoms with Crippen LogP contribution in [0.3, 0.4) is 0 Å². The molecule has 1 heterocycles. The van der Waals surface area contributed by atoms with Crippen LogP contribution in [0.1, 0.15) is 13.3 Å². The largest absolute Gasteiger partial charge is 0.369 e. The third-order valence-electron chi connectivity index (χ3n) is 1.80. The van der Waals surface area contributed by atoms with E-state index in [-0.39, 0.29) is 43.3 Å². The van der Waals surface area contributed by atoms with Gasteiger partial charge in [0.25, 0.3) is 0 Å². The summed E-state index contributed by atoms with van der Waals surface area (Å²) in [6.45, 7) is 2.80. The molecule has 1 atom stereocenters. The number of pyridine rings is 1. The Kier molecular flexibility index (Phi) is 15.4. The van der Waals surface area contributed by atoms with Gasteiger partial charge < -0.3 is 11.1 Å². The van der Waals surface area contributed by atoms with E-state index in [1.165, 1.54) is 0 Å². The summed E-state index contributed by atoms with van der Waals surface area (Å²) >= 11 is 5.69. The lowest BCUT2D eigenvalue weighted by Crippen LogP contribution is -2.28. The molecular weight excluding hydrogens is 292 g/mol. The minimum Gasteiger partial charge on any atom is -0.369 e. The maximum absolute atomic E-state index is 5.73. The van der Waals surface area contributed by atoms with Crippen LogP contribution >= 0.6 is 48.8 Å². The quantitative estimate of drug-likeness (QED) is 0.898. The minimum absolute atomic E-state index is 0. The lowest BCUT2D eigenvalue weighted by Gasteiger charge is -2.10. The van der Waals surface area contributed by atoms with Crippen molar-refractivity contribution in [3.63, 3.8) is 0 Å². The maximum Gasteiger partial charge on any atom is 0.126 e. The Hall–Kier alpha value is 0.0700. The van der Waals surface area contributed by atoms with Crippen molar-refractivity contribution >= 4 is 54.6 Å². The molecule has 0 spiro atoms. The van der Waals surface area contributed by atoms with Crippen LogP contribution in [0.5, 0.6) is 0 Å². The number of anilines is 1. The van der Waals surface area contributed by atoms with Crippen LogP contribution in [0.25, 0.3) is 0 Å². The van der Waals surface area contributed by atoms with Crippen molar-refractivity contribution in [2.75, 3.05) is 11.9 Å². The average molecular weight is 309 g/mol. The second-order valence-corrected chi connectivity index (χ2v) is 3.35. The summed E-state index contributed by atoms with van der Waals surface area (Å²) in [7, 11) is 0. The first-order valence-electron chi connectivity index (χ1n) is 4.33. The highest BCUT2D eigenvalue weighted by atomic mass is 35.5. The van der Waals surface area contributed by atoms with E-state index in [1.54, 1.807) is 12.3 Å². The van der Waals surface area contributed by atoms with E-state index in [2.05, 4.69) is 17.2 Å². The Balaban J connectivity index is -0.000000563. The Bertz CT molecular complexity index is 255. The SMILES string of the molecule is CCC(N)CNc1ccc(Cl)cn1.Cl.Cl.Cl. The van der Waals surface area contributed by atoms with Crippen LogP contribution < -0.4 is 11.1 Å². The summed E-state index contributed by atoms with van der Waals surface area (Å²) in [4.78, 5) is 4.09. The molecule has 3 nitrogen and oxygen atoms in total. The summed E-state index contributed by atoms with van der Waals surface area (Å²) in [5.74, 6) is 0.813. The molecule has 3 N–H and O–H groups in total. The van der Waals surface area contributed by atoms with Crippen LogP contribution in [0.15, 0.2) is 18.3 Å². The van der Waals surface area contributed by atoms with Crippen LogP contribution in [0.4, 0.5) is 5.82 Å². The van der Waals surface area contributed by atoms with E-state index >= 15 is 0 Å². The average Bonchev–Trinajstić information content (AvgIpc) is 2.16. The molecule has 0 aromatic carbocycles. The van der Waals surface area contributed by atoms with Crippen molar-refractivity contribution in [1.82, 2.24) is 4.98 Å². The third-order valence-corrected chi connectivity index (χ3v) is 2.02. The van der Waals surface area contributed by atoms with Gasteiger partial charge in [-0.2, -0.15) is 0 Å². The van der Waals surface area contributed by atoms with Crippen molar-refractivity contribution in [3.05, 3.63) is 23.4 Å². The van der Waals surface area contributed by atoms with E-state index in [0.717, 1.165) is 18.8 Å². The first-order chi connectivity index (χ1) is 6.22. The second kappa shape index (κ2) is 11.6. The highest BCUT2D eigenvalue weighted by Crippen LogP contribution is 2.09. The van der Waals surface area contributed by atoms with Gasteiger partial charge in [0, 0.05) is 18.8 Å². The lowest BCUT2D eigenvalue weighted by atomic mass is 10.2. The molecule has 0 saturated carbocycles. The molecule has 16 heavy (non-hydrogen) atoms. The first-order valence-corrected chi connectivity index (χ1v) is 4.71. The number of hydrogen-bond donors (Lipinski definition) is 2. The summed E-state index contributed by atoms with van der Waals surface area (Å²) in [5.41, 5.74) is 5.73. The van der Waals surface area contributed by atoms with Crippen molar-refractivity contribution in [1.29, 1.82) is 0 Å². The number of nitrogens with one attached hydrogen (secondary N) is 1. The summed E-state index contributed by atoms with van der Waals surface area (Å²) < 4.78 is 0. The molecule has 0 aliphatic carbocycles. The Labute approximate surface area is 120 Å². The fraction of sp³-hybridized carbons (Fsp3) is 0.444. The molecule has 0 fully saturated rings. The number of rotatable bonds is 4. The van der Waals surface area contributed by atoms with Gasteiger partial charge in [0.05, 0.1) is 5.02 Å². The molecule has 1 rings (SSSR count). The fourth-order valence-electron chi connectivity index (χ4n) is 0.860. The van der Waals surface area contributed by atoms with E-state index in [1.807, 2.05) is 6.07 Å². The number of nitrogens with two attached hydrogens (primary N) is 1. The number of nitrogens with zero attached hydrogens (tertiary/aromatic N) is 1. The molecule has 1 aromatic rings. The van der Waals surface area contributed by atoms with Gasteiger partial charge in [0.1, 0.15) is 5.82 Å². The van der Waals surface area contributed by atoms with Gasteiger partial charge in [-0.15, -0.1) is 37.2 Å². The normalized spacial score (nSPS) is 10.2. The van der Waals surface area contributed by atoms with E-state index in [9.17, 15) is 0 Å². The molecule has 0 amide bonds. The summed E-state index contributed by atoms with van der Waals surface area (Å²) in [6, 6.07) is 3.82. The van der Waals surface area contributed by atoms with E-state index in [0.29, 0.717) is 5.02 Å². The molecule has 0 radical (unpaired) electrons. The van der Waals surface area contributed by atoms with Gasteiger partial charge in [-0.3, -0.25) is 0 Å². The Morgan fingerprint density at radius 2 is 2.00 bits per heavy atom. The van der Waals surface area contributed by atoms with Crippen molar-refractivity contribution in [2.45, 2.75) is 19.4 Å². The standard InChI is InChI=1S/C9H14ClN3.3ClH/c1-2-8(11)6-13-9-4-3-7(10)5-12-9;;;/h3-5,8H,2,6,11H2,1H3,(H,12,13);3*1H. The summed E-state index contributed by atoms with van der Waals surface area (Å²) in [5, 5.41) is 3.77. The Morgan fingerprint density at radius 1 is 1.38 bits per heavy atom. The first kappa shape index (κ1) is 21.4. The van der Waals surface area contributed by atoms with Crippen LogP contribution in [0.2, 0.25) is 5.02 Å². The molecule has 0 aliphatic heterocycles. The van der Waals surface area contributed by atoms with Gasteiger partial charge in [0.15, 0.2) is 0 Å². The Morgan fingerprint density at radius 3 is 2.44 bits per heavy atom. The smallest absolute Gasteiger partial charge is 0.126 e. The van der Waals surface area contributed by atoms with E-state index in [4.69, 9.17) is 17.3 Å². The van der Waals surface area contributed by atoms with Crippen molar-refractivity contribution in [3.8, 4) is 0 Å². The number of halogens is 4. The van der Waals surface area contributed by atoms with Gasteiger partial charge in [-0.25, -0.2) is 4.98 Å². The second-order valence-electron chi connectivity index (χ2n) is 2.91. The van der Waals surface area contributed by atoms with Crippen molar-refractivity contribution in [2.24, 2.45) is 5.73 Å². The zero-order valence-corrected chi connectivity index (χ0v) is 12.1. The zero-order chi connectivity index (χ0) is 9.68.